The van der Waals surface area contributed by atoms with Crippen LogP contribution in [-0.4, -0.2) is 43.2 Å². The molecule has 0 radical (unpaired) electrons. The first kappa shape index (κ1) is 16.1. The molecule has 1 saturated heterocycles. The fourth-order valence-electron chi connectivity index (χ4n) is 3.52. The van der Waals surface area contributed by atoms with Crippen molar-refractivity contribution in [2.75, 3.05) is 13.1 Å². The van der Waals surface area contributed by atoms with Crippen molar-refractivity contribution >= 4 is 17.2 Å². The van der Waals surface area contributed by atoms with E-state index in [2.05, 4.69) is 14.6 Å². The summed E-state index contributed by atoms with van der Waals surface area (Å²) in [5.41, 5.74) is 1.50. The Labute approximate surface area is 150 Å². The molecular formula is C18H21N5OS. The smallest absolute Gasteiger partial charge is 0.272 e. The van der Waals surface area contributed by atoms with E-state index in [0.717, 1.165) is 35.8 Å². The molecule has 1 unspecified atom stereocenters. The summed E-state index contributed by atoms with van der Waals surface area (Å²) in [4.78, 5) is 20.5. The Kier molecular flexibility index (Phi) is 4.17. The van der Waals surface area contributed by atoms with E-state index < -0.39 is 0 Å². The molecule has 3 aromatic heterocycles. The summed E-state index contributed by atoms with van der Waals surface area (Å²) in [6.07, 6.45) is 5.86. The lowest BCUT2D eigenvalue weighted by Crippen LogP contribution is -2.40. The number of rotatable bonds is 3. The number of thiophene rings is 1. The lowest BCUT2D eigenvalue weighted by atomic mass is 9.97. The first-order valence-electron chi connectivity index (χ1n) is 8.48. The molecule has 1 fully saturated rings. The van der Waals surface area contributed by atoms with Gasteiger partial charge in [0.2, 0.25) is 0 Å². The molecule has 130 valence electrons. The Morgan fingerprint density at radius 2 is 2.24 bits per heavy atom. The number of piperidine rings is 1. The maximum atomic E-state index is 13.0. The second-order valence-electron chi connectivity index (χ2n) is 6.50. The lowest BCUT2D eigenvalue weighted by Gasteiger charge is -2.32. The highest BCUT2D eigenvalue weighted by atomic mass is 32.1. The number of amides is 1. The van der Waals surface area contributed by atoms with Gasteiger partial charge in [-0.3, -0.25) is 9.48 Å². The summed E-state index contributed by atoms with van der Waals surface area (Å²) in [6, 6.07) is 5.93. The van der Waals surface area contributed by atoms with Gasteiger partial charge in [0.25, 0.3) is 5.91 Å². The van der Waals surface area contributed by atoms with E-state index in [1.165, 1.54) is 0 Å². The highest BCUT2D eigenvalue weighted by Crippen LogP contribution is 2.28. The Morgan fingerprint density at radius 3 is 2.96 bits per heavy atom. The molecule has 0 N–H and O–H groups in total. The van der Waals surface area contributed by atoms with Crippen LogP contribution in [0.3, 0.4) is 0 Å². The van der Waals surface area contributed by atoms with Gasteiger partial charge in [-0.15, -0.1) is 11.3 Å². The number of nitrogens with zero attached hydrogens (tertiary/aromatic N) is 5. The van der Waals surface area contributed by atoms with E-state index in [-0.39, 0.29) is 5.91 Å². The van der Waals surface area contributed by atoms with Gasteiger partial charge in [0.15, 0.2) is 0 Å². The molecule has 1 amide bonds. The molecule has 0 spiro atoms. The van der Waals surface area contributed by atoms with Crippen LogP contribution in [0.1, 0.15) is 35.1 Å². The zero-order valence-electron chi connectivity index (χ0n) is 14.4. The van der Waals surface area contributed by atoms with Crippen LogP contribution < -0.4 is 0 Å². The Balaban J connectivity index is 1.55. The van der Waals surface area contributed by atoms with Gasteiger partial charge in [-0.25, -0.2) is 4.98 Å². The van der Waals surface area contributed by atoms with Crippen LogP contribution in [0.2, 0.25) is 0 Å². The van der Waals surface area contributed by atoms with Crippen molar-refractivity contribution in [1.29, 1.82) is 0 Å². The molecule has 1 atom stereocenters. The van der Waals surface area contributed by atoms with Crippen molar-refractivity contribution in [3.05, 3.63) is 47.5 Å². The molecule has 0 aromatic carbocycles. The molecule has 0 saturated carbocycles. The van der Waals surface area contributed by atoms with Gasteiger partial charge in [0.1, 0.15) is 17.2 Å². The maximum absolute atomic E-state index is 13.0. The average molecular weight is 355 g/mol. The third-order valence-corrected chi connectivity index (χ3v) is 5.70. The van der Waals surface area contributed by atoms with E-state index in [9.17, 15) is 4.79 Å². The summed E-state index contributed by atoms with van der Waals surface area (Å²) < 4.78 is 3.75. The fourth-order valence-corrected chi connectivity index (χ4v) is 4.20. The molecule has 6 nitrogen and oxygen atoms in total. The lowest BCUT2D eigenvalue weighted by molar-refractivity contribution is 0.0692. The van der Waals surface area contributed by atoms with Crippen LogP contribution in [0, 0.1) is 0 Å². The van der Waals surface area contributed by atoms with Gasteiger partial charge < -0.3 is 9.47 Å². The van der Waals surface area contributed by atoms with Gasteiger partial charge in [-0.05, 0) is 30.4 Å². The minimum Gasteiger partial charge on any atom is -0.338 e. The van der Waals surface area contributed by atoms with Crippen LogP contribution >= 0.6 is 11.3 Å². The van der Waals surface area contributed by atoms with Crippen LogP contribution in [0.5, 0.6) is 0 Å². The second-order valence-corrected chi connectivity index (χ2v) is 7.45. The largest absolute Gasteiger partial charge is 0.338 e. The van der Waals surface area contributed by atoms with Crippen molar-refractivity contribution in [1.82, 2.24) is 24.2 Å². The summed E-state index contributed by atoms with van der Waals surface area (Å²) in [5.74, 6) is 1.40. The van der Waals surface area contributed by atoms with E-state index in [0.29, 0.717) is 18.2 Å². The third kappa shape index (κ3) is 3.00. The first-order chi connectivity index (χ1) is 12.1. The predicted molar refractivity (Wildman–Crippen MR) is 97.6 cm³/mol. The standard InChI is InChI=1S/C18H21N5OS/c1-21-9-7-19-17(21)13-5-3-8-23(12-13)18(24)15-11-14(20-22(15)2)16-6-4-10-25-16/h4,6-7,9-11,13H,3,5,8,12H2,1-2H3. The molecular weight excluding hydrogens is 334 g/mol. The number of aromatic nitrogens is 4. The van der Waals surface area contributed by atoms with Crippen LogP contribution in [0.15, 0.2) is 36.0 Å². The van der Waals surface area contributed by atoms with Crippen molar-refractivity contribution in [3.63, 3.8) is 0 Å². The van der Waals surface area contributed by atoms with Crippen molar-refractivity contribution in [3.8, 4) is 10.6 Å². The zero-order valence-corrected chi connectivity index (χ0v) is 15.2. The number of carbonyl (C=O) groups excluding carboxylic acids is 1. The van der Waals surface area contributed by atoms with Crippen LogP contribution in [0.4, 0.5) is 0 Å². The number of likely N-dealkylation sites (tertiary alicyclic amines) is 1. The summed E-state index contributed by atoms with van der Waals surface area (Å²) in [7, 11) is 3.85. The van der Waals surface area contributed by atoms with Crippen LogP contribution in [0.25, 0.3) is 10.6 Å². The molecule has 1 aliphatic heterocycles. The van der Waals surface area contributed by atoms with Gasteiger partial charge in [0.05, 0.1) is 4.88 Å². The molecule has 3 aromatic rings. The normalized spacial score (nSPS) is 17.8. The van der Waals surface area contributed by atoms with E-state index in [1.54, 1.807) is 16.0 Å². The van der Waals surface area contributed by atoms with E-state index in [4.69, 9.17) is 0 Å². The first-order valence-corrected chi connectivity index (χ1v) is 9.36. The molecule has 4 heterocycles. The molecule has 1 aliphatic rings. The SMILES string of the molecule is Cn1ccnc1C1CCCN(C(=O)c2cc(-c3cccs3)nn2C)C1. The van der Waals surface area contributed by atoms with Gasteiger partial charge >= 0.3 is 0 Å². The Hall–Kier alpha value is -2.41. The monoisotopic (exact) mass is 355 g/mol. The van der Waals surface area contributed by atoms with Crippen LogP contribution in [-0.2, 0) is 14.1 Å². The summed E-state index contributed by atoms with van der Waals surface area (Å²) in [6.45, 7) is 1.50. The van der Waals surface area contributed by atoms with E-state index >= 15 is 0 Å². The summed E-state index contributed by atoms with van der Waals surface area (Å²) in [5, 5.41) is 6.54. The van der Waals surface area contributed by atoms with Gasteiger partial charge in [-0.2, -0.15) is 5.10 Å². The third-order valence-electron chi connectivity index (χ3n) is 4.80. The van der Waals surface area contributed by atoms with Crippen molar-refractivity contribution in [2.45, 2.75) is 18.8 Å². The van der Waals surface area contributed by atoms with E-state index in [1.807, 2.05) is 55.0 Å². The number of hydrogen-bond donors (Lipinski definition) is 0. The number of carbonyl (C=O) groups is 1. The number of aryl methyl sites for hydroxylation is 2. The topological polar surface area (TPSA) is 56.0 Å². The zero-order chi connectivity index (χ0) is 17.4. The van der Waals surface area contributed by atoms with Crippen molar-refractivity contribution < 1.29 is 4.79 Å². The number of hydrogen-bond acceptors (Lipinski definition) is 4. The molecule has 25 heavy (non-hydrogen) atoms. The minimum absolute atomic E-state index is 0.0525. The fraction of sp³-hybridized carbons (Fsp3) is 0.389. The predicted octanol–water partition coefficient (Wildman–Crippen LogP) is 2.90. The highest BCUT2D eigenvalue weighted by Gasteiger charge is 2.29. The average Bonchev–Trinajstić information content (AvgIpc) is 3.35. The summed E-state index contributed by atoms with van der Waals surface area (Å²) >= 11 is 1.63. The Morgan fingerprint density at radius 1 is 1.36 bits per heavy atom. The second kappa shape index (κ2) is 6.48. The number of imidazole rings is 1. The van der Waals surface area contributed by atoms with Gasteiger partial charge in [0, 0.05) is 45.5 Å². The minimum atomic E-state index is 0.0525. The van der Waals surface area contributed by atoms with Crippen molar-refractivity contribution in [2.24, 2.45) is 14.1 Å². The molecule has 4 rings (SSSR count). The molecule has 0 bridgehead atoms. The Bertz CT molecular complexity index is 879. The highest BCUT2D eigenvalue weighted by molar-refractivity contribution is 7.13. The quantitative estimate of drug-likeness (QED) is 0.726. The molecule has 7 heteroatoms. The van der Waals surface area contributed by atoms with Gasteiger partial charge in [-0.1, -0.05) is 6.07 Å². The maximum Gasteiger partial charge on any atom is 0.272 e. The molecule has 0 aliphatic carbocycles.